The van der Waals surface area contributed by atoms with Gasteiger partial charge in [0.15, 0.2) is 6.10 Å². The molecule has 0 aliphatic carbocycles. The molecule has 1 saturated heterocycles. The minimum Gasteiger partial charge on any atom is -0.388 e. The number of aliphatic hydroxyl groups excluding tert-OH is 3. The number of rotatable bonds is 0. The Morgan fingerprint density at radius 1 is 1.18 bits per heavy atom. The smallest absolute Gasteiger partial charge is 0.308 e. The van der Waals surface area contributed by atoms with Crippen molar-refractivity contribution >= 4 is 0 Å². The highest BCUT2D eigenvalue weighted by Gasteiger charge is 2.47. The topological polar surface area (TPSA) is 110 Å². The third-order valence-corrected chi connectivity index (χ3v) is 1.57. The molecule has 0 aromatic heterocycles. The van der Waals surface area contributed by atoms with E-state index in [0.29, 0.717) is 0 Å². The molecule has 1 rings (SSSR count). The molecule has 1 aliphatic rings. The van der Waals surface area contributed by atoms with Crippen LogP contribution < -0.4 is 0 Å². The second-order valence-corrected chi connectivity index (χ2v) is 2.47. The average Bonchev–Trinajstić information content (AvgIpc) is 1.95. The molecule has 6 nitrogen and oxygen atoms in total. The zero-order valence-corrected chi connectivity index (χ0v) is 5.58. The summed E-state index contributed by atoms with van der Waals surface area (Å²) in [6, 6.07) is 0. The summed E-state index contributed by atoms with van der Waals surface area (Å²) >= 11 is 0. The van der Waals surface area contributed by atoms with Gasteiger partial charge in [0.25, 0.3) is 0 Å². The summed E-state index contributed by atoms with van der Waals surface area (Å²) < 4.78 is 4.21. The summed E-state index contributed by atoms with van der Waals surface area (Å²) in [5, 5.41) is 44.0. The van der Waals surface area contributed by atoms with Crippen molar-refractivity contribution in [3.8, 4) is 0 Å². The molecular formula is C5H10O6. The van der Waals surface area contributed by atoms with Crippen LogP contribution in [0.15, 0.2) is 0 Å². The lowest BCUT2D eigenvalue weighted by molar-refractivity contribution is -0.415. The van der Waals surface area contributed by atoms with E-state index in [4.69, 9.17) is 25.5 Å². The molecule has 0 saturated carbocycles. The van der Waals surface area contributed by atoms with Crippen LogP contribution in [0.5, 0.6) is 0 Å². The van der Waals surface area contributed by atoms with Crippen molar-refractivity contribution in [2.24, 2.45) is 0 Å². The zero-order chi connectivity index (χ0) is 8.65. The molecular weight excluding hydrogens is 156 g/mol. The molecule has 0 radical (unpaired) electrons. The second kappa shape index (κ2) is 2.67. The van der Waals surface area contributed by atoms with Gasteiger partial charge in [0, 0.05) is 0 Å². The van der Waals surface area contributed by atoms with Gasteiger partial charge in [-0.1, -0.05) is 0 Å². The maximum absolute atomic E-state index is 8.88. The minimum atomic E-state index is -2.77. The van der Waals surface area contributed by atoms with Crippen molar-refractivity contribution in [1.82, 2.24) is 0 Å². The lowest BCUT2D eigenvalue weighted by atomic mass is 10.0. The average molecular weight is 166 g/mol. The number of aliphatic hydroxyl groups is 5. The van der Waals surface area contributed by atoms with Gasteiger partial charge in [-0.25, -0.2) is 0 Å². The Bertz CT molecular complexity index is 146. The molecule has 1 fully saturated rings. The van der Waals surface area contributed by atoms with Crippen molar-refractivity contribution in [2.45, 2.75) is 24.3 Å². The van der Waals surface area contributed by atoms with E-state index in [2.05, 4.69) is 4.74 Å². The van der Waals surface area contributed by atoms with Gasteiger partial charge in [0.05, 0.1) is 6.61 Å². The predicted octanol–water partition coefficient (Wildman–Crippen LogP) is -3.26. The lowest BCUT2D eigenvalue weighted by Crippen LogP contribution is -2.60. The number of hydrogen-bond donors (Lipinski definition) is 5. The van der Waals surface area contributed by atoms with E-state index in [9.17, 15) is 0 Å². The van der Waals surface area contributed by atoms with Gasteiger partial charge < -0.3 is 30.3 Å². The molecule has 0 spiro atoms. The van der Waals surface area contributed by atoms with Gasteiger partial charge in [-0.3, -0.25) is 0 Å². The Morgan fingerprint density at radius 3 is 2.18 bits per heavy atom. The largest absolute Gasteiger partial charge is 0.388 e. The molecule has 1 heterocycles. The van der Waals surface area contributed by atoms with Crippen molar-refractivity contribution in [2.75, 3.05) is 6.61 Å². The minimum absolute atomic E-state index is 0.425. The Balaban J connectivity index is 2.67. The highest BCUT2D eigenvalue weighted by Crippen LogP contribution is 2.20. The molecule has 6 heteroatoms. The predicted molar refractivity (Wildman–Crippen MR) is 31.1 cm³/mol. The van der Waals surface area contributed by atoms with Gasteiger partial charge in [-0.05, 0) is 0 Å². The van der Waals surface area contributed by atoms with E-state index in [1.54, 1.807) is 0 Å². The first-order valence-electron chi connectivity index (χ1n) is 3.08. The van der Waals surface area contributed by atoms with Crippen molar-refractivity contribution < 1.29 is 30.3 Å². The molecule has 1 aliphatic heterocycles. The monoisotopic (exact) mass is 166 g/mol. The van der Waals surface area contributed by atoms with Crippen LogP contribution in [0.4, 0.5) is 0 Å². The Kier molecular flexibility index (Phi) is 2.15. The van der Waals surface area contributed by atoms with Gasteiger partial charge >= 0.3 is 5.97 Å². The summed E-state index contributed by atoms with van der Waals surface area (Å²) in [4.78, 5) is 0. The van der Waals surface area contributed by atoms with E-state index < -0.39 is 30.9 Å². The first-order valence-corrected chi connectivity index (χ1v) is 3.08. The first kappa shape index (κ1) is 8.85. The van der Waals surface area contributed by atoms with Crippen molar-refractivity contribution in [1.29, 1.82) is 0 Å². The molecule has 11 heavy (non-hydrogen) atoms. The van der Waals surface area contributed by atoms with Crippen LogP contribution >= 0.6 is 0 Å². The summed E-state index contributed by atoms with van der Waals surface area (Å²) in [6.45, 7) is -0.425. The Labute approximate surface area is 62.3 Å². The maximum atomic E-state index is 8.88. The molecule has 0 aromatic rings. The number of hydrogen-bond acceptors (Lipinski definition) is 6. The molecule has 0 bridgehead atoms. The quantitative estimate of drug-likeness (QED) is 0.242. The van der Waals surface area contributed by atoms with Crippen LogP contribution in [0.3, 0.4) is 0 Å². The highest BCUT2D eigenvalue weighted by atomic mass is 16.8. The first-order chi connectivity index (χ1) is 4.95. The molecule has 3 unspecified atom stereocenters. The lowest BCUT2D eigenvalue weighted by Gasteiger charge is -2.37. The third-order valence-electron chi connectivity index (χ3n) is 1.57. The second-order valence-electron chi connectivity index (χ2n) is 2.47. The SMILES string of the molecule is OC1COC(O)(O)C(O)C1O. The summed E-state index contributed by atoms with van der Waals surface area (Å²) in [7, 11) is 0. The normalized spacial score (nSPS) is 43.9. The van der Waals surface area contributed by atoms with Gasteiger partial charge in [-0.2, -0.15) is 0 Å². The summed E-state index contributed by atoms with van der Waals surface area (Å²) in [5.41, 5.74) is 0. The Hall–Kier alpha value is -0.240. The molecule has 3 atom stereocenters. The van der Waals surface area contributed by atoms with E-state index in [1.165, 1.54) is 0 Å². The third kappa shape index (κ3) is 1.51. The van der Waals surface area contributed by atoms with Gasteiger partial charge in [0.1, 0.15) is 12.2 Å². The maximum Gasteiger partial charge on any atom is 0.308 e. The van der Waals surface area contributed by atoms with E-state index in [1.807, 2.05) is 0 Å². The summed E-state index contributed by atoms with van der Waals surface area (Å²) in [6.07, 6.45) is -4.80. The van der Waals surface area contributed by atoms with E-state index >= 15 is 0 Å². The molecule has 0 amide bonds. The summed E-state index contributed by atoms with van der Waals surface area (Å²) in [5.74, 6) is -2.77. The van der Waals surface area contributed by atoms with Crippen LogP contribution in [0.25, 0.3) is 0 Å². The number of ether oxygens (including phenoxy) is 1. The Morgan fingerprint density at radius 2 is 1.73 bits per heavy atom. The van der Waals surface area contributed by atoms with E-state index in [0.717, 1.165) is 0 Å². The fourth-order valence-electron chi connectivity index (χ4n) is 0.825. The fourth-order valence-corrected chi connectivity index (χ4v) is 0.825. The fraction of sp³-hybridized carbons (Fsp3) is 1.00. The van der Waals surface area contributed by atoms with Gasteiger partial charge in [-0.15, -0.1) is 0 Å². The molecule has 66 valence electrons. The van der Waals surface area contributed by atoms with Crippen LogP contribution in [0, 0.1) is 0 Å². The van der Waals surface area contributed by atoms with Gasteiger partial charge in [0.2, 0.25) is 0 Å². The standard InChI is InChI=1S/C5H10O6/c6-2-1-11-5(9,10)4(8)3(2)7/h2-4,6-10H,1H2. The van der Waals surface area contributed by atoms with Crippen LogP contribution in [-0.4, -0.2) is 56.4 Å². The highest BCUT2D eigenvalue weighted by molar-refractivity contribution is 4.85. The van der Waals surface area contributed by atoms with Crippen LogP contribution in [0.2, 0.25) is 0 Å². The van der Waals surface area contributed by atoms with E-state index in [-0.39, 0.29) is 0 Å². The zero-order valence-electron chi connectivity index (χ0n) is 5.58. The molecule has 0 aromatic carbocycles. The van der Waals surface area contributed by atoms with Crippen LogP contribution in [-0.2, 0) is 4.74 Å². The van der Waals surface area contributed by atoms with Crippen LogP contribution in [0.1, 0.15) is 0 Å². The molecule has 5 N–H and O–H groups in total. The van der Waals surface area contributed by atoms with Crippen molar-refractivity contribution in [3.05, 3.63) is 0 Å². The van der Waals surface area contributed by atoms with Crippen molar-refractivity contribution in [3.63, 3.8) is 0 Å².